The van der Waals surface area contributed by atoms with Gasteiger partial charge in [-0.3, -0.25) is 0 Å². The largest absolute Gasteiger partial charge is 0.369 e. The van der Waals surface area contributed by atoms with E-state index in [4.69, 9.17) is 0 Å². The molecule has 18 heavy (non-hydrogen) atoms. The van der Waals surface area contributed by atoms with E-state index in [0.717, 1.165) is 28.8 Å². The molecule has 1 unspecified atom stereocenters. The third kappa shape index (κ3) is 3.00. The molecule has 1 aromatic carbocycles. The second kappa shape index (κ2) is 6.16. The molecule has 1 aromatic heterocycles. The summed E-state index contributed by atoms with van der Waals surface area (Å²) in [4.78, 5) is 4.43. The molecule has 1 atom stereocenters. The SMILES string of the molecule is CNCC(C)CNc1nccc2c(Br)cccc12. The van der Waals surface area contributed by atoms with Gasteiger partial charge in [0.2, 0.25) is 0 Å². The molecule has 1 heterocycles. The summed E-state index contributed by atoms with van der Waals surface area (Å²) in [6.07, 6.45) is 1.85. The number of aromatic nitrogens is 1. The molecule has 0 saturated heterocycles. The Kier molecular flexibility index (Phi) is 4.55. The summed E-state index contributed by atoms with van der Waals surface area (Å²) in [5, 5.41) is 8.96. The van der Waals surface area contributed by atoms with Crippen molar-refractivity contribution >= 4 is 32.5 Å². The summed E-state index contributed by atoms with van der Waals surface area (Å²) in [7, 11) is 1.98. The summed E-state index contributed by atoms with van der Waals surface area (Å²) in [6.45, 7) is 4.13. The van der Waals surface area contributed by atoms with Gasteiger partial charge >= 0.3 is 0 Å². The van der Waals surface area contributed by atoms with Crippen molar-refractivity contribution < 1.29 is 0 Å². The first kappa shape index (κ1) is 13.3. The molecule has 0 aliphatic rings. The first-order valence-electron chi connectivity index (χ1n) is 6.14. The van der Waals surface area contributed by atoms with Gasteiger partial charge in [0.05, 0.1) is 0 Å². The average Bonchev–Trinajstić information content (AvgIpc) is 2.37. The molecular formula is C14H18BrN3. The van der Waals surface area contributed by atoms with Crippen LogP contribution >= 0.6 is 15.9 Å². The van der Waals surface area contributed by atoms with E-state index in [1.165, 1.54) is 5.39 Å². The van der Waals surface area contributed by atoms with Crippen molar-refractivity contribution in [2.24, 2.45) is 5.92 Å². The van der Waals surface area contributed by atoms with Crippen LogP contribution in [0.15, 0.2) is 34.9 Å². The highest BCUT2D eigenvalue weighted by Crippen LogP contribution is 2.27. The second-order valence-corrected chi connectivity index (χ2v) is 5.39. The van der Waals surface area contributed by atoms with Gasteiger partial charge in [-0.1, -0.05) is 35.0 Å². The van der Waals surface area contributed by atoms with Crippen LogP contribution in [0, 0.1) is 5.92 Å². The van der Waals surface area contributed by atoms with Crippen molar-refractivity contribution in [1.29, 1.82) is 0 Å². The minimum Gasteiger partial charge on any atom is -0.369 e. The van der Waals surface area contributed by atoms with E-state index >= 15 is 0 Å². The van der Waals surface area contributed by atoms with Crippen molar-refractivity contribution in [3.63, 3.8) is 0 Å². The maximum absolute atomic E-state index is 4.43. The summed E-state index contributed by atoms with van der Waals surface area (Å²) in [5.41, 5.74) is 0. The van der Waals surface area contributed by atoms with Crippen LogP contribution in [0.2, 0.25) is 0 Å². The maximum atomic E-state index is 4.43. The molecule has 96 valence electrons. The van der Waals surface area contributed by atoms with E-state index in [-0.39, 0.29) is 0 Å². The van der Waals surface area contributed by atoms with E-state index in [1.54, 1.807) is 0 Å². The molecule has 2 N–H and O–H groups in total. The van der Waals surface area contributed by atoms with E-state index in [2.05, 4.69) is 50.6 Å². The van der Waals surface area contributed by atoms with Gasteiger partial charge in [-0.25, -0.2) is 4.98 Å². The van der Waals surface area contributed by atoms with Crippen LogP contribution in [-0.2, 0) is 0 Å². The number of nitrogens with zero attached hydrogens (tertiary/aromatic N) is 1. The summed E-state index contributed by atoms with van der Waals surface area (Å²) in [5.74, 6) is 1.52. The second-order valence-electron chi connectivity index (χ2n) is 4.54. The maximum Gasteiger partial charge on any atom is 0.133 e. The van der Waals surface area contributed by atoms with E-state index in [1.807, 2.05) is 25.4 Å². The molecule has 0 aliphatic carbocycles. The van der Waals surface area contributed by atoms with Crippen LogP contribution in [0.1, 0.15) is 6.92 Å². The van der Waals surface area contributed by atoms with Gasteiger partial charge < -0.3 is 10.6 Å². The first-order chi connectivity index (χ1) is 8.72. The van der Waals surface area contributed by atoms with Gasteiger partial charge in [0.15, 0.2) is 0 Å². The molecular weight excluding hydrogens is 290 g/mol. The van der Waals surface area contributed by atoms with Crippen molar-refractivity contribution in [2.45, 2.75) is 6.92 Å². The number of pyridine rings is 1. The normalized spacial score (nSPS) is 12.6. The fourth-order valence-electron chi connectivity index (χ4n) is 2.00. The minimum atomic E-state index is 0.569. The lowest BCUT2D eigenvalue weighted by Gasteiger charge is -2.14. The fourth-order valence-corrected chi connectivity index (χ4v) is 2.50. The van der Waals surface area contributed by atoms with E-state index in [0.29, 0.717) is 5.92 Å². The van der Waals surface area contributed by atoms with Crippen molar-refractivity contribution in [1.82, 2.24) is 10.3 Å². The summed E-state index contributed by atoms with van der Waals surface area (Å²) >= 11 is 3.57. The first-order valence-corrected chi connectivity index (χ1v) is 6.93. The zero-order valence-corrected chi connectivity index (χ0v) is 12.3. The molecule has 2 aromatic rings. The van der Waals surface area contributed by atoms with E-state index < -0.39 is 0 Å². The molecule has 0 bridgehead atoms. The third-order valence-electron chi connectivity index (χ3n) is 2.92. The Hall–Kier alpha value is -1.13. The minimum absolute atomic E-state index is 0.569. The Morgan fingerprint density at radius 3 is 2.83 bits per heavy atom. The molecule has 0 aliphatic heterocycles. The number of benzene rings is 1. The van der Waals surface area contributed by atoms with Crippen LogP contribution in [0.5, 0.6) is 0 Å². The smallest absolute Gasteiger partial charge is 0.133 e. The van der Waals surface area contributed by atoms with Gasteiger partial charge in [-0.2, -0.15) is 0 Å². The Labute approximate surface area is 116 Å². The molecule has 0 saturated carbocycles. The predicted molar refractivity (Wildman–Crippen MR) is 81.0 cm³/mol. The van der Waals surface area contributed by atoms with Gasteiger partial charge in [-0.15, -0.1) is 0 Å². The molecule has 0 spiro atoms. The molecule has 0 fully saturated rings. The van der Waals surface area contributed by atoms with Crippen LogP contribution in [0.3, 0.4) is 0 Å². The van der Waals surface area contributed by atoms with E-state index in [9.17, 15) is 0 Å². The zero-order valence-electron chi connectivity index (χ0n) is 10.7. The number of hydrogen-bond donors (Lipinski definition) is 2. The van der Waals surface area contributed by atoms with Crippen LogP contribution < -0.4 is 10.6 Å². The topological polar surface area (TPSA) is 37.0 Å². The number of hydrogen-bond acceptors (Lipinski definition) is 3. The van der Waals surface area contributed by atoms with Crippen molar-refractivity contribution in [2.75, 3.05) is 25.5 Å². The third-order valence-corrected chi connectivity index (χ3v) is 3.61. The molecule has 4 heteroatoms. The van der Waals surface area contributed by atoms with Gasteiger partial charge in [-0.05, 0) is 31.6 Å². The lowest BCUT2D eigenvalue weighted by atomic mass is 10.1. The lowest BCUT2D eigenvalue weighted by Crippen LogP contribution is -2.23. The fraction of sp³-hybridized carbons (Fsp3) is 0.357. The monoisotopic (exact) mass is 307 g/mol. The van der Waals surface area contributed by atoms with Gasteiger partial charge in [0.25, 0.3) is 0 Å². The predicted octanol–water partition coefficient (Wildman–Crippen LogP) is 3.26. The average molecular weight is 308 g/mol. The molecule has 3 nitrogen and oxygen atoms in total. The zero-order chi connectivity index (χ0) is 13.0. The Balaban J connectivity index is 2.21. The highest BCUT2D eigenvalue weighted by Gasteiger charge is 2.06. The highest BCUT2D eigenvalue weighted by atomic mass is 79.9. The van der Waals surface area contributed by atoms with Crippen molar-refractivity contribution in [3.05, 3.63) is 34.9 Å². The Bertz CT molecular complexity index is 527. The number of nitrogens with one attached hydrogen (secondary N) is 2. The number of fused-ring (bicyclic) bond motifs is 1. The quantitative estimate of drug-likeness (QED) is 0.890. The van der Waals surface area contributed by atoms with Gasteiger partial charge in [0.1, 0.15) is 5.82 Å². The molecule has 0 amide bonds. The highest BCUT2D eigenvalue weighted by molar-refractivity contribution is 9.10. The molecule has 0 radical (unpaired) electrons. The van der Waals surface area contributed by atoms with Crippen LogP contribution in [-0.4, -0.2) is 25.1 Å². The van der Waals surface area contributed by atoms with Crippen molar-refractivity contribution in [3.8, 4) is 0 Å². The summed E-state index contributed by atoms with van der Waals surface area (Å²) in [6, 6.07) is 8.21. The number of anilines is 1. The number of halogens is 1. The Morgan fingerprint density at radius 2 is 2.06 bits per heavy atom. The van der Waals surface area contributed by atoms with Gasteiger partial charge in [0, 0.05) is 28.0 Å². The molecule has 2 rings (SSSR count). The Morgan fingerprint density at radius 1 is 1.22 bits per heavy atom. The summed E-state index contributed by atoms with van der Waals surface area (Å²) < 4.78 is 1.11. The van der Waals surface area contributed by atoms with Crippen LogP contribution in [0.25, 0.3) is 10.8 Å². The van der Waals surface area contributed by atoms with Crippen LogP contribution in [0.4, 0.5) is 5.82 Å². The number of rotatable bonds is 5. The standard InChI is InChI=1S/C14H18BrN3/c1-10(8-16-2)9-18-14-12-4-3-5-13(15)11(12)6-7-17-14/h3-7,10,16H,8-9H2,1-2H3,(H,17,18). The lowest BCUT2D eigenvalue weighted by molar-refractivity contribution is 0.569.